The van der Waals surface area contributed by atoms with Crippen LogP contribution in [-0.4, -0.2) is 66.7 Å². The molecule has 4 heterocycles. The van der Waals surface area contributed by atoms with Gasteiger partial charge in [-0.2, -0.15) is 9.97 Å². The van der Waals surface area contributed by atoms with Crippen molar-refractivity contribution < 1.29 is 22.8 Å². The number of halogens is 1. The van der Waals surface area contributed by atoms with Crippen LogP contribution in [0.2, 0.25) is 27.4 Å². The summed E-state index contributed by atoms with van der Waals surface area (Å²) in [7, 11) is -5.60. The highest BCUT2D eigenvalue weighted by Gasteiger charge is 2.61. The first kappa shape index (κ1) is 26.9. The maximum atomic E-state index is 11.5. The van der Waals surface area contributed by atoms with Crippen molar-refractivity contribution in [2.75, 3.05) is 12.3 Å². The molecule has 35 heavy (non-hydrogen) atoms. The first-order valence-electron chi connectivity index (χ1n) is 12.3. The third-order valence-corrected chi connectivity index (χ3v) is 17.8. The zero-order chi connectivity index (χ0) is 25.9. The average Bonchev–Trinajstić information content (AvgIpc) is 3.28. The Morgan fingerprint density at radius 1 is 1.03 bits per heavy atom. The van der Waals surface area contributed by atoms with Gasteiger partial charge in [0.15, 0.2) is 17.7 Å². The minimum atomic E-state index is -2.89. The summed E-state index contributed by atoms with van der Waals surface area (Å²) < 4.78 is 29.0. The molecule has 196 valence electrons. The van der Waals surface area contributed by atoms with E-state index in [2.05, 4.69) is 70.3 Å². The molecule has 4 rings (SSSR count). The molecular weight excluding hydrogens is 506 g/mol. The van der Waals surface area contributed by atoms with Crippen LogP contribution in [0, 0.1) is 0 Å². The Hall–Kier alpha value is -1.13. The smallest absolute Gasteiger partial charge is 0.335 e. The van der Waals surface area contributed by atoms with Gasteiger partial charge in [-0.1, -0.05) is 55.4 Å². The Bertz CT molecular complexity index is 1050. The van der Waals surface area contributed by atoms with Gasteiger partial charge in [-0.05, 0) is 33.8 Å². The Kier molecular flexibility index (Phi) is 7.41. The molecule has 2 saturated heterocycles. The van der Waals surface area contributed by atoms with E-state index in [0.29, 0.717) is 11.2 Å². The summed E-state index contributed by atoms with van der Waals surface area (Å²) in [6, 6.07) is 0. The minimum absolute atomic E-state index is 0.000994. The third-order valence-electron chi connectivity index (χ3n) is 7.34. The summed E-state index contributed by atoms with van der Waals surface area (Å²) in [6.07, 6.45) is -1.39. The molecule has 0 spiro atoms. The monoisotopic (exact) mass is 543 g/mol. The molecule has 3 N–H and O–H groups in total. The molecular formula is C22H38ClN5O5Si2. The Balaban J connectivity index is 1.78. The van der Waals surface area contributed by atoms with E-state index in [9.17, 15) is 5.11 Å². The predicted octanol–water partition coefficient (Wildman–Crippen LogP) is 4.28. The number of imidazole rings is 1. The van der Waals surface area contributed by atoms with E-state index < -0.39 is 41.7 Å². The Morgan fingerprint density at radius 3 is 2.20 bits per heavy atom. The summed E-state index contributed by atoms with van der Waals surface area (Å²) >= 11 is 6.06. The molecule has 2 aromatic rings. The maximum absolute atomic E-state index is 11.5. The molecule has 0 aromatic carbocycles. The lowest BCUT2D eigenvalue weighted by molar-refractivity contribution is -0.0570. The molecule has 0 amide bonds. The summed E-state index contributed by atoms with van der Waals surface area (Å²) in [5.41, 5.74) is 7.49. The molecule has 0 bridgehead atoms. The van der Waals surface area contributed by atoms with Gasteiger partial charge in [0.1, 0.15) is 23.8 Å². The number of aliphatic hydroxyl groups excluding tert-OH is 1. The number of hydrogen-bond acceptors (Lipinski definition) is 9. The molecule has 0 aliphatic carbocycles. The van der Waals surface area contributed by atoms with Crippen LogP contribution in [0.15, 0.2) is 6.33 Å². The first-order chi connectivity index (χ1) is 16.3. The van der Waals surface area contributed by atoms with Gasteiger partial charge in [0.2, 0.25) is 5.28 Å². The van der Waals surface area contributed by atoms with Gasteiger partial charge in [-0.25, -0.2) is 4.98 Å². The van der Waals surface area contributed by atoms with E-state index in [1.165, 1.54) is 6.33 Å². The lowest BCUT2D eigenvalue weighted by Crippen LogP contribution is -2.65. The summed E-state index contributed by atoms with van der Waals surface area (Å²) in [5, 5.41) is 11.5. The van der Waals surface area contributed by atoms with Gasteiger partial charge in [-0.15, -0.1) is 0 Å². The maximum Gasteiger partial charge on any atom is 0.335 e. The SMILES string of the molecule is CC(C)[Si]1(C(C)C)OCC2O[C@@H](n3cnc4c(N)nc(Cl)nc43)[C@@H](O)[C@@H]2O[Si](C(C)C)(C(C)C)O1. The molecule has 4 atom stereocenters. The van der Waals surface area contributed by atoms with Crippen LogP contribution in [0.1, 0.15) is 61.6 Å². The van der Waals surface area contributed by atoms with Gasteiger partial charge in [0.25, 0.3) is 0 Å². The Labute approximate surface area is 214 Å². The number of nitrogens with two attached hydrogens (primary N) is 1. The highest BCUT2D eigenvalue weighted by Crippen LogP contribution is 2.48. The van der Waals surface area contributed by atoms with Crippen molar-refractivity contribution in [1.29, 1.82) is 0 Å². The van der Waals surface area contributed by atoms with E-state index in [4.69, 9.17) is 35.0 Å². The molecule has 2 aliphatic rings. The zero-order valence-electron chi connectivity index (χ0n) is 21.7. The van der Waals surface area contributed by atoms with Crippen LogP contribution in [0.4, 0.5) is 5.82 Å². The Morgan fingerprint density at radius 2 is 1.63 bits per heavy atom. The van der Waals surface area contributed by atoms with E-state index in [0.717, 1.165) is 0 Å². The number of aliphatic hydroxyl groups is 1. The number of anilines is 1. The fraction of sp³-hybridized carbons (Fsp3) is 0.773. The van der Waals surface area contributed by atoms with Crippen LogP contribution >= 0.6 is 11.6 Å². The molecule has 1 unspecified atom stereocenters. The summed E-state index contributed by atoms with van der Waals surface area (Å²) in [5.74, 6) is 0.168. The van der Waals surface area contributed by atoms with Crippen molar-refractivity contribution in [2.45, 2.75) is 102 Å². The summed E-state index contributed by atoms with van der Waals surface area (Å²) in [6.45, 7) is 17.5. The van der Waals surface area contributed by atoms with Crippen LogP contribution in [0.3, 0.4) is 0 Å². The fourth-order valence-electron chi connectivity index (χ4n) is 5.46. The van der Waals surface area contributed by atoms with Crippen LogP contribution < -0.4 is 5.73 Å². The number of ether oxygens (including phenoxy) is 1. The lowest BCUT2D eigenvalue weighted by atomic mass is 10.1. The van der Waals surface area contributed by atoms with Crippen molar-refractivity contribution in [2.24, 2.45) is 0 Å². The van der Waals surface area contributed by atoms with Crippen LogP contribution in [0.5, 0.6) is 0 Å². The van der Waals surface area contributed by atoms with Gasteiger partial charge >= 0.3 is 17.1 Å². The van der Waals surface area contributed by atoms with Crippen molar-refractivity contribution in [3.05, 3.63) is 11.6 Å². The molecule has 2 aromatic heterocycles. The molecule has 2 fully saturated rings. The molecule has 2 aliphatic heterocycles. The molecule has 0 radical (unpaired) electrons. The van der Waals surface area contributed by atoms with Crippen molar-refractivity contribution >= 4 is 45.7 Å². The zero-order valence-corrected chi connectivity index (χ0v) is 24.5. The van der Waals surface area contributed by atoms with Crippen LogP contribution in [-0.2, 0) is 17.7 Å². The first-order valence-corrected chi connectivity index (χ1v) is 16.7. The highest BCUT2D eigenvalue weighted by molar-refractivity contribution is 6.84. The van der Waals surface area contributed by atoms with Gasteiger partial charge in [0.05, 0.1) is 12.9 Å². The van der Waals surface area contributed by atoms with Gasteiger partial charge in [0, 0.05) is 0 Å². The van der Waals surface area contributed by atoms with Crippen LogP contribution in [0.25, 0.3) is 11.2 Å². The van der Waals surface area contributed by atoms with Crippen molar-refractivity contribution in [3.8, 4) is 0 Å². The number of rotatable bonds is 5. The van der Waals surface area contributed by atoms with E-state index in [-0.39, 0.29) is 39.9 Å². The number of aromatic nitrogens is 4. The standard InChI is InChI=1S/C22H38ClN5O5Si2/c1-11(2)34(12(3)4)30-9-15-18(32-35(33-34,13(5)6)14(7)8)17(29)21(31-15)28-10-25-16-19(24)26-22(23)27-20(16)28/h10-15,17-18,21,29H,9H2,1-8H3,(H2,24,26,27)/t15?,17-,18+,21+/m0/s1. The molecule has 13 heteroatoms. The number of hydrogen-bond donors (Lipinski definition) is 2. The largest absolute Gasteiger partial charge is 0.414 e. The minimum Gasteiger partial charge on any atom is -0.414 e. The van der Waals surface area contributed by atoms with Crippen molar-refractivity contribution in [1.82, 2.24) is 19.5 Å². The predicted molar refractivity (Wildman–Crippen MR) is 138 cm³/mol. The van der Waals surface area contributed by atoms with Gasteiger partial charge in [-0.3, -0.25) is 4.57 Å². The lowest BCUT2D eigenvalue weighted by Gasteiger charge is -2.51. The average molecular weight is 544 g/mol. The van der Waals surface area contributed by atoms with Gasteiger partial charge < -0.3 is 28.5 Å². The van der Waals surface area contributed by atoms with E-state index in [1.54, 1.807) is 4.57 Å². The fourth-order valence-corrected chi connectivity index (χ4v) is 16.8. The molecule has 10 nitrogen and oxygen atoms in total. The second-order valence-corrected chi connectivity index (χ2v) is 20.0. The second-order valence-electron chi connectivity index (χ2n) is 10.8. The number of nitrogen functional groups attached to an aromatic ring is 1. The second kappa shape index (κ2) is 9.64. The normalized spacial score (nSPS) is 28.7. The van der Waals surface area contributed by atoms with Crippen molar-refractivity contribution in [3.63, 3.8) is 0 Å². The quantitative estimate of drug-likeness (QED) is 0.419. The van der Waals surface area contributed by atoms with E-state index in [1.807, 2.05) is 0 Å². The third kappa shape index (κ3) is 4.35. The summed E-state index contributed by atoms with van der Waals surface area (Å²) in [4.78, 5) is 12.6. The van der Waals surface area contributed by atoms with E-state index >= 15 is 0 Å². The molecule has 0 saturated carbocycles. The highest BCUT2D eigenvalue weighted by atomic mass is 35.5. The topological polar surface area (TPSA) is 127 Å². The number of nitrogens with zero attached hydrogens (tertiary/aromatic N) is 4. The number of fused-ring (bicyclic) bond motifs is 2.